The monoisotopic (exact) mass is 231 g/mol. The van der Waals surface area contributed by atoms with Gasteiger partial charge in [-0.15, -0.1) is 0 Å². The van der Waals surface area contributed by atoms with Crippen LogP contribution in [-0.2, 0) is 4.74 Å². The fourth-order valence-electron chi connectivity index (χ4n) is 1.62. The molecule has 1 aromatic heterocycles. The van der Waals surface area contributed by atoms with E-state index in [-0.39, 0.29) is 5.97 Å². The Hall–Kier alpha value is -2.10. The number of benzene rings is 1. The van der Waals surface area contributed by atoms with Crippen molar-refractivity contribution < 1.29 is 14.3 Å². The number of rotatable bonds is 3. The zero-order valence-corrected chi connectivity index (χ0v) is 9.77. The zero-order valence-electron chi connectivity index (χ0n) is 9.77. The molecule has 0 fully saturated rings. The van der Waals surface area contributed by atoms with Crippen molar-refractivity contribution in [1.82, 2.24) is 4.98 Å². The van der Waals surface area contributed by atoms with Crippen LogP contribution >= 0.6 is 0 Å². The van der Waals surface area contributed by atoms with Gasteiger partial charge in [-0.1, -0.05) is 12.1 Å². The van der Waals surface area contributed by atoms with Gasteiger partial charge in [-0.25, -0.2) is 9.78 Å². The van der Waals surface area contributed by atoms with Crippen LogP contribution in [0.4, 0.5) is 0 Å². The smallest absolute Gasteiger partial charge is 0.340 e. The van der Waals surface area contributed by atoms with Gasteiger partial charge in [0.1, 0.15) is 0 Å². The van der Waals surface area contributed by atoms with Gasteiger partial charge in [0.05, 0.1) is 24.8 Å². The Labute approximate surface area is 99.2 Å². The van der Waals surface area contributed by atoms with E-state index >= 15 is 0 Å². The molecular formula is C13H13NO3. The van der Waals surface area contributed by atoms with Crippen molar-refractivity contribution in [2.24, 2.45) is 0 Å². The van der Waals surface area contributed by atoms with E-state index in [1.165, 1.54) is 0 Å². The lowest BCUT2D eigenvalue weighted by molar-refractivity contribution is 0.0528. The Morgan fingerprint density at radius 2 is 2.12 bits per heavy atom. The summed E-state index contributed by atoms with van der Waals surface area (Å²) in [7, 11) is 1.54. The number of carbonyl (C=O) groups is 1. The molecule has 2 aromatic rings. The molecule has 88 valence electrons. The van der Waals surface area contributed by atoms with E-state index in [0.29, 0.717) is 23.6 Å². The van der Waals surface area contributed by atoms with Crippen LogP contribution < -0.4 is 4.74 Å². The number of ether oxygens (including phenoxy) is 2. The molecule has 0 atom stereocenters. The normalized spacial score (nSPS) is 10.2. The molecule has 2 rings (SSSR count). The third kappa shape index (κ3) is 2.20. The summed E-state index contributed by atoms with van der Waals surface area (Å²) in [6.07, 6.45) is 0. The van der Waals surface area contributed by atoms with Crippen LogP contribution in [0.1, 0.15) is 17.3 Å². The highest BCUT2D eigenvalue weighted by Crippen LogP contribution is 2.20. The molecule has 0 aliphatic carbocycles. The molecule has 0 aliphatic heterocycles. The van der Waals surface area contributed by atoms with Crippen molar-refractivity contribution in [3.63, 3.8) is 0 Å². The maximum atomic E-state index is 11.8. The average molecular weight is 231 g/mol. The summed E-state index contributed by atoms with van der Waals surface area (Å²) in [6, 6.07) is 9.03. The Morgan fingerprint density at radius 3 is 2.82 bits per heavy atom. The van der Waals surface area contributed by atoms with Crippen LogP contribution in [0.2, 0.25) is 0 Å². The van der Waals surface area contributed by atoms with Crippen LogP contribution in [0.3, 0.4) is 0 Å². The molecule has 0 aliphatic rings. The number of para-hydroxylation sites is 1. The number of fused-ring (bicyclic) bond motifs is 1. The quantitative estimate of drug-likeness (QED) is 0.761. The van der Waals surface area contributed by atoms with Gasteiger partial charge in [0.15, 0.2) is 0 Å². The van der Waals surface area contributed by atoms with E-state index in [1.54, 1.807) is 26.2 Å². The predicted octanol–water partition coefficient (Wildman–Crippen LogP) is 2.42. The first-order valence-electron chi connectivity index (χ1n) is 5.37. The van der Waals surface area contributed by atoms with E-state index < -0.39 is 0 Å². The number of carbonyl (C=O) groups excluding carboxylic acids is 1. The van der Waals surface area contributed by atoms with E-state index in [1.807, 2.05) is 18.2 Å². The largest absolute Gasteiger partial charge is 0.481 e. The first-order valence-corrected chi connectivity index (χ1v) is 5.37. The molecule has 1 aromatic carbocycles. The lowest BCUT2D eigenvalue weighted by Crippen LogP contribution is -2.06. The first kappa shape index (κ1) is 11.4. The van der Waals surface area contributed by atoms with Crippen molar-refractivity contribution in [1.29, 1.82) is 0 Å². The predicted molar refractivity (Wildman–Crippen MR) is 64.3 cm³/mol. The second-order valence-electron chi connectivity index (χ2n) is 3.45. The van der Waals surface area contributed by atoms with Crippen molar-refractivity contribution in [2.45, 2.75) is 6.92 Å². The third-order valence-corrected chi connectivity index (χ3v) is 2.40. The SMILES string of the molecule is CCOC(=O)c1cccc2ccc(OC)nc12. The van der Waals surface area contributed by atoms with Gasteiger partial charge in [0.25, 0.3) is 0 Å². The van der Waals surface area contributed by atoms with Crippen molar-refractivity contribution in [3.8, 4) is 5.88 Å². The Balaban J connectivity index is 2.58. The molecule has 0 N–H and O–H groups in total. The van der Waals surface area contributed by atoms with E-state index in [9.17, 15) is 4.79 Å². The Kier molecular flexibility index (Phi) is 3.23. The van der Waals surface area contributed by atoms with Crippen LogP contribution in [-0.4, -0.2) is 24.7 Å². The topological polar surface area (TPSA) is 48.4 Å². The van der Waals surface area contributed by atoms with Gasteiger partial charge in [0, 0.05) is 11.5 Å². The average Bonchev–Trinajstić information content (AvgIpc) is 2.37. The second kappa shape index (κ2) is 4.82. The van der Waals surface area contributed by atoms with Crippen molar-refractivity contribution >= 4 is 16.9 Å². The number of esters is 1. The first-order chi connectivity index (χ1) is 8.26. The fourth-order valence-corrected chi connectivity index (χ4v) is 1.62. The molecule has 0 spiro atoms. The van der Waals surface area contributed by atoms with Gasteiger partial charge in [-0.3, -0.25) is 0 Å². The maximum absolute atomic E-state index is 11.8. The highest BCUT2D eigenvalue weighted by molar-refractivity contribution is 6.02. The van der Waals surface area contributed by atoms with Gasteiger partial charge >= 0.3 is 5.97 Å². The molecule has 1 heterocycles. The van der Waals surface area contributed by atoms with E-state index in [0.717, 1.165) is 5.39 Å². The molecule has 17 heavy (non-hydrogen) atoms. The molecular weight excluding hydrogens is 218 g/mol. The van der Waals surface area contributed by atoms with Crippen LogP contribution in [0.15, 0.2) is 30.3 Å². The zero-order chi connectivity index (χ0) is 12.3. The van der Waals surface area contributed by atoms with Crippen molar-refractivity contribution in [3.05, 3.63) is 35.9 Å². The summed E-state index contributed by atoms with van der Waals surface area (Å²) >= 11 is 0. The minimum Gasteiger partial charge on any atom is -0.481 e. The molecule has 4 heteroatoms. The molecule has 0 saturated heterocycles. The van der Waals surface area contributed by atoms with Crippen LogP contribution in [0.5, 0.6) is 5.88 Å². The lowest BCUT2D eigenvalue weighted by atomic mass is 10.1. The highest BCUT2D eigenvalue weighted by atomic mass is 16.5. The third-order valence-electron chi connectivity index (χ3n) is 2.40. The second-order valence-corrected chi connectivity index (χ2v) is 3.45. The van der Waals surface area contributed by atoms with Crippen LogP contribution in [0.25, 0.3) is 10.9 Å². The molecule has 0 saturated carbocycles. The fraction of sp³-hybridized carbons (Fsp3) is 0.231. The van der Waals surface area contributed by atoms with Gasteiger partial charge in [-0.2, -0.15) is 0 Å². The number of aromatic nitrogens is 1. The Morgan fingerprint density at radius 1 is 1.29 bits per heavy atom. The summed E-state index contributed by atoms with van der Waals surface area (Å²) in [5.74, 6) is 0.119. The number of nitrogens with zero attached hydrogens (tertiary/aromatic N) is 1. The van der Waals surface area contributed by atoms with Gasteiger partial charge in [-0.05, 0) is 19.1 Å². The Bertz CT molecular complexity index is 551. The molecule has 4 nitrogen and oxygen atoms in total. The molecule has 0 unspecified atom stereocenters. The minimum atomic E-state index is -0.362. The van der Waals surface area contributed by atoms with Crippen LogP contribution in [0, 0.1) is 0 Å². The highest BCUT2D eigenvalue weighted by Gasteiger charge is 2.12. The summed E-state index contributed by atoms with van der Waals surface area (Å²) in [6.45, 7) is 2.12. The minimum absolute atomic E-state index is 0.346. The summed E-state index contributed by atoms with van der Waals surface area (Å²) in [5.41, 5.74) is 1.06. The standard InChI is InChI=1S/C13H13NO3/c1-3-17-13(15)10-6-4-5-9-7-8-11(16-2)14-12(9)10/h4-8H,3H2,1-2H3. The van der Waals surface area contributed by atoms with E-state index in [2.05, 4.69) is 4.98 Å². The van der Waals surface area contributed by atoms with Crippen molar-refractivity contribution in [2.75, 3.05) is 13.7 Å². The van der Waals surface area contributed by atoms with E-state index in [4.69, 9.17) is 9.47 Å². The number of methoxy groups -OCH3 is 1. The van der Waals surface area contributed by atoms with Gasteiger partial charge < -0.3 is 9.47 Å². The van der Waals surface area contributed by atoms with Gasteiger partial charge in [0.2, 0.25) is 5.88 Å². The molecule has 0 bridgehead atoms. The number of pyridine rings is 1. The molecule has 0 radical (unpaired) electrons. The molecule has 0 amide bonds. The summed E-state index contributed by atoms with van der Waals surface area (Å²) in [4.78, 5) is 16.0. The maximum Gasteiger partial charge on any atom is 0.340 e. The lowest BCUT2D eigenvalue weighted by Gasteiger charge is -2.06. The number of hydrogen-bond acceptors (Lipinski definition) is 4. The number of hydrogen-bond donors (Lipinski definition) is 0. The summed E-state index contributed by atoms with van der Waals surface area (Å²) in [5, 5.41) is 0.886. The summed E-state index contributed by atoms with van der Waals surface area (Å²) < 4.78 is 10.0.